The van der Waals surface area contributed by atoms with Crippen LogP contribution >= 0.6 is 0 Å². The van der Waals surface area contributed by atoms with Gasteiger partial charge in [0.2, 0.25) is 0 Å². The molecule has 0 aromatic heterocycles. The summed E-state index contributed by atoms with van der Waals surface area (Å²) >= 11 is 0. The van der Waals surface area contributed by atoms with Crippen molar-refractivity contribution in [3.63, 3.8) is 0 Å². The van der Waals surface area contributed by atoms with Crippen LogP contribution < -0.4 is 10.1 Å². The van der Waals surface area contributed by atoms with E-state index in [4.69, 9.17) is 4.74 Å². The summed E-state index contributed by atoms with van der Waals surface area (Å²) in [6, 6.07) is 8.97. The molecule has 0 atom stereocenters. The third-order valence-corrected chi connectivity index (χ3v) is 3.06. The minimum absolute atomic E-state index is 0.0511. The van der Waals surface area contributed by atoms with Crippen LogP contribution in [0.25, 0.3) is 0 Å². The number of nitro benzene ring substituents is 2. The number of hydrogen-bond donors (Lipinski definition) is 1. The van der Waals surface area contributed by atoms with Crippen LogP contribution in [0.2, 0.25) is 0 Å². The van der Waals surface area contributed by atoms with Gasteiger partial charge < -0.3 is 10.1 Å². The fourth-order valence-corrected chi connectivity index (χ4v) is 1.92. The summed E-state index contributed by atoms with van der Waals surface area (Å²) in [6.07, 6.45) is 1.55. The van der Waals surface area contributed by atoms with Gasteiger partial charge in [-0.1, -0.05) is 6.08 Å². The summed E-state index contributed by atoms with van der Waals surface area (Å²) in [7, 11) is 0. The average Bonchev–Trinajstić information content (AvgIpc) is 2.59. The topological polar surface area (TPSA) is 125 Å². The predicted molar refractivity (Wildman–Crippen MR) is 88.8 cm³/mol. The van der Waals surface area contributed by atoms with E-state index in [-0.39, 0.29) is 17.4 Å². The van der Waals surface area contributed by atoms with E-state index in [2.05, 4.69) is 11.9 Å². The predicted octanol–water partition coefficient (Wildman–Crippen LogP) is 3.21. The van der Waals surface area contributed by atoms with E-state index < -0.39 is 21.2 Å². The van der Waals surface area contributed by atoms with Crippen molar-refractivity contribution < 1.29 is 19.4 Å². The summed E-state index contributed by atoms with van der Waals surface area (Å²) in [5, 5.41) is 24.3. The molecule has 9 nitrogen and oxygen atoms in total. The first kappa shape index (κ1) is 17.6. The Hall–Kier alpha value is -3.75. The van der Waals surface area contributed by atoms with Crippen LogP contribution in [0.3, 0.4) is 0 Å². The van der Waals surface area contributed by atoms with Crippen LogP contribution in [0.1, 0.15) is 10.4 Å². The van der Waals surface area contributed by atoms with Gasteiger partial charge in [-0.05, 0) is 24.3 Å². The molecule has 0 fully saturated rings. The van der Waals surface area contributed by atoms with Crippen molar-refractivity contribution in [2.75, 3.05) is 6.54 Å². The molecule has 128 valence electrons. The number of benzene rings is 2. The number of amides is 1. The van der Waals surface area contributed by atoms with Crippen LogP contribution in [-0.4, -0.2) is 22.3 Å². The number of ether oxygens (including phenoxy) is 1. The van der Waals surface area contributed by atoms with E-state index in [9.17, 15) is 25.0 Å². The number of carbonyl (C=O) groups is 1. The molecule has 0 spiro atoms. The molecule has 2 aromatic carbocycles. The van der Waals surface area contributed by atoms with E-state index >= 15 is 0 Å². The summed E-state index contributed by atoms with van der Waals surface area (Å²) in [6.45, 7) is 3.82. The van der Waals surface area contributed by atoms with Crippen LogP contribution in [-0.2, 0) is 0 Å². The van der Waals surface area contributed by atoms with Gasteiger partial charge in [-0.25, -0.2) is 0 Å². The molecular weight excluding hydrogens is 330 g/mol. The standard InChI is InChI=1S/C16H13N3O6/c1-2-7-17-16(20)11-3-5-14(6-4-11)25-15-9-12(18(21)22)8-13(10-15)19(23)24/h2-6,8-10H,1,7H2,(H,17,20). The number of non-ortho nitro benzene ring substituents is 2. The van der Waals surface area contributed by atoms with Crippen LogP contribution in [0, 0.1) is 20.2 Å². The molecule has 2 aromatic rings. The number of nitro groups is 2. The molecule has 0 bridgehead atoms. The largest absolute Gasteiger partial charge is 0.457 e. The maximum absolute atomic E-state index is 11.8. The van der Waals surface area contributed by atoms with Gasteiger partial charge in [0.05, 0.1) is 28.0 Å². The Morgan fingerprint density at radius 1 is 1.04 bits per heavy atom. The Kier molecular flexibility index (Phi) is 5.41. The van der Waals surface area contributed by atoms with E-state index in [1.165, 1.54) is 24.3 Å². The number of hydrogen-bond acceptors (Lipinski definition) is 6. The lowest BCUT2D eigenvalue weighted by atomic mass is 10.2. The Morgan fingerprint density at radius 2 is 1.60 bits per heavy atom. The number of carbonyl (C=O) groups excluding carboxylic acids is 1. The highest BCUT2D eigenvalue weighted by molar-refractivity contribution is 5.94. The molecule has 0 radical (unpaired) electrons. The molecule has 0 aliphatic heterocycles. The summed E-state index contributed by atoms with van der Waals surface area (Å²) in [5.74, 6) is -0.0720. The molecule has 0 aliphatic carbocycles. The van der Waals surface area contributed by atoms with Crippen molar-refractivity contribution in [3.8, 4) is 11.5 Å². The molecule has 0 heterocycles. The normalized spacial score (nSPS) is 9.92. The fraction of sp³-hybridized carbons (Fsp3) is 0.0625. The quantitative estimate of drug-likeness (QED) is 0.467. The van der Waals surface area contributed by atoms with Crippen molar-refractivity contribution in [2.45, 2.75) is 0 Å². The SMILES string of the molecule is C=CCNC(=O)c1ccc(Oc2cc([N+](=O)[O-])cc([N+](=O)[O-])c2)cc1. The zero-order chi connectivity index (χ0) is 18.4. The van der Waals surface area contributed by atoms with Gasteiger partial charge in [0, 0.05) is 12.1 Å². The van der Waals surface area contributed by atoms with Crippen molar-refractivity contribution in [3.05, 3.63) is 80.9 Å². The maximum Gasteiger partial charge on any atom is 0.280 e. The van der Waals surface area contributed by atoms with Gasteiger partial charge in [0.25, 0.3) is 17.3 Å². The van der Waals surface area contributed by atoms with Crippen molar-refractivity contribution in [1.82, 2.24) is 5.32 Å². The monoisotopic (exact) mass is 343 g/mol. The lowest BCUT2D eigenvalue weighted by Crippen LogP contribution is -2.22. The second-order valence-electron chi connectivity index (χ2n) is 4.82. The van der Waals surface area contributed by atoms with Crippen LogP contribution in [0.4, 0.5) is 11.4 Å². The van der Waals surface area contributed by atoms with Gasteiger partial charge in [0.1, 0.15) is 11.5 Å². The average molecular weight is 343 g/mol. The number of nitrogens with zero attached hydrogens (tertiary/aromatic N) is 2. The molecule has 1 N–H and O–H groups in total. The zero-order valence-corrected chi connectivity index (χ0v) is 12.9. The van der Waals surface area contributed by atoms with Gasteiger partial charge in [-0.15, -0.1) is 6.58 Å². The third-order valence-electron chi connectivity index (χ3n) is 3.06. The molecule has 0 saturated heterocycles. The molecular formula is C16H13N3O6. The Balaban J connectivity index is 2.21. The van der Waals surface area contributed by atoms with Gasteiger partial charge >= 0.3 is 0 Å². The molecule has 0 saturated carbocycles. The summed E-state index contributed by atoms with van der Waals surface area (Å²) in [5.41, 5.74) is -0.520. The zero-order valence-electron chi connectivity index (χ0n) is 12.9. The van der Waals surface area contributed by atoms with E-state index in [1.54, 1.807) is 6.08 Å². The van der Waals surface area contributed by atoms with Crippen LogP contribution in [0.15, 0.2) is 55.1 Å². The fourth-order valence-electron chi connectivity index (χ4n) is 1.92. The molecule has 2 rings (SSSR count). The third kappa shape index (κ3) is 4.61. The highest BCUT2D eigenvalue weighted by atomic mass is 16.6. The lowest BCUT2D eigenvalue weighted by Gasteiger charge is -2.07. The molecule has 0 unspecified atom stereocenters. The van der Waals surface area contributed by atoms with Crippen molar-refractivity contribution in [2.24, 2.45) is 0 Å². The van der Waals surface area contributed by atoms with Crippen molar-refractivity contribution in [1.29, 1.82) is 0 Å². The lowest BCUT2D eigenvalue weighted by molar-refractivity contribution is -0.394. The second kappa shape index (κ2) is 7.68. The van der Waals surface area contributed by atoms with E-state index in [1.807, 2.05) is 0 Å². The number of nitrogens with one attached hydrogen (secondary N) is 1. The Labute approximate surface area is 141 Å². The smallest absolute Gasteiger partial charge is 0.280 e. The second-order valence-corrected chi connectivity index (χ2v) is 4.82. The van der Waals surface area contributed by atoms with Gasteiger partial charge in [-0.3, -0.25) is 25.0 Å². The molecule has 0 aliphatic rings. The number of rotatable bonds is 7. The summed E-state index contributed by atoms with van der Waals surface area (Å²) < 4.78 is 5.42. The highest BCUT2D eigenvalue weighted by Crippen LogP contribution is 2.30. The van der Waals surface area contributed by atoms with E-state index in [0.29, 0.717) is 12.1 Å². The Bertz CT molecular complexity index is 800. The van der Waals surface area contributed by atoms with Crippen LogP contribution in [0.5, 0.6) is 11.5 Å². The maximum atomic E-state index is 11.8. The van der Waals surface area contributed by atoms with Crippen molar-refractivity contribution >= 4 is 17.3 Å². The van der Waals surface area contributed by atoms with E-state index in [0.717, 1.165) is 18.2 Å². The first-order valence-electron chi connectivity index (χ1n) is 7.01. The molecule has 9 heteroatoms. The van der Waals surface area contributed by atoms with Gasteiger partial charge in [0.15, 0.2) is 0 Å². The highest BCUT2D eigenvalue weighted by Gasteiger charge is 2.17. The summed E-state index contributed by atoms with van der Waals surface area (Å²) in [4.78, 5) is 32.0. The minimum atomic E-state index is -0.743. The van der Waals surface area contributed by atoms with Gasteiger partial charge in [-0.2, -0.15) is 0 Å². The first-order chi connectivity index (χ1) is 11.9. The Morgan fingerprint density at radius 3 is 2.08 bits per heavy atom. The molecule has 1 amide bonds. The first-order valence-corrected chi connectivity index (χ1v) is 7.01. The minimum Gasteiger partial charge on any atom is -0.457 e. The molecule has 25 heavy (non-hydrogen) atoms.